The van der Waals surface area contributed by atoms with Crippen LogP contribution >= 0.6 is 12.4 Å². The number of halogens is 1. The van der Waals surface area contributed by atoms with Gasteiger partial charge >= 0.3 is 0 Å². The van der Waals surface area contributed by atoms with E-state index < -0.39 is 5.54 Å². The number of carbonyl (C=O) groups is 1. The first-order chi connectivity index (χ1) is 10.1. The number of nitrogens with one attached hydrogen (secondary N) is 1. The van der Waals surface area contributed by atoms with Crippen molar-refractivity contribution < 1.29 is 4.79 Å². The van der Waals surface area contributed by atoms with Crippen molar-refractivity contribution in [3.63, 3.8) is 0 Å². The minimum Gasteiger partial charge on any atom is -0.354 e. The average Bonchev–Trinajstić information content (AvgIpc) is 3.10. The summed E-state index contributed by atoms with van der Waals surface area (Å²) >= 11 is 0. The quantitative estimate of drug-likeness (QED) is 0.874. The van der Waals surface area contributed by atoms with Crippen LogP contribution in [-0.4, -0.2) is 12.5 Å². The van der Waals surface area contributed by atoms with Crippen molar-refractivity contribution in [2.45, 2.75) is 44.6 Å². The molecular formula is C18H27ClN2O. The molecule has 4 unspecified atom stereocenters. The molecule has 4 heteroatoms. The number of nitrogens with two attached hydrogens (primary N) is 1. The van der Waals surface area contributed by atoms with E-state index in [1.54, 1.807) is 6.92 Å². The molecule has 1 aromatic carbocycles. The van der Waals surface area contributed by atoms with Crippen LogP contribution < -0.4 is 11.1 Å². The van der Waals surface area contributed by atoms with Gasteiger partial charge in [-0.15, -0.1) is 12.4 Å². The van der Waals surface area contributed by atoms with Gasteiger partial charge in [0.15, 0.2) is 0 Å². The van der Waals surface area contributed by atoms with Gasteiger partial charge in [-0.25, -0.2) is 0 Å². The van der Waals surface area contributed by atoms with E-state index >= 15 is 0 Å². The Bertz CT molecular complexity index is 503. The van der Waals surface area contributed by atoms with Crippen LogP contribution in [0.2, 0.25) is 0 Å². The molecular weight excluding hydrogens is 296 g/mol. The SMILES string of the molecule is CC(N)(C(=O)NCCC1CC2CCC1C2)c1ccccc1.Cl. The van der Waals surface area contributed by atoms with Gasteiger partial charge in [0, 0.05) is 6.54 Å². The molecule has 0 spiro atoms. The Hall–Kier alpha value is -1.06. The molecule has 2 bridgehead atoms. The maximum Gasteiger partial charge on any atom is 0.244 e. The predicted octanol–water partition coefficient (Wildman–Crippen LogP) is 3.22. The van der Waals surface area contributed by atoms with Crippen LogP contribution in [0.5, 0.6) is 0 Å². The zero-order valence-electron chi connectivity index (χ0n) is 13.3. The van der Waals surface area contributed by atoms with Gasteiger partial charge in [-0.1, -0.05) is 36.8 Å². The van der Waals surface area contributed by atoms with Gasteiger partial charge in [-0.05, 0) is 55.9 Å². The Labute approximate surface area is 139 Å². The number of hydrogen-bond donors (Lipinski definition) is 2. The lowest BCUT2D eigenvalue weighted by atomic mass is 9.86. The van der Waals surface area contributed by atoms with Gasteiger partial charge in [0.2, 0.25) is 5.91 Å². The normalized spacial score (nSPS) is 28.7. The molecule has 3 nitrogen and oxygen atoms in total. The lowest BCUT2D eigenvalue weighted by Crippen LogP contribution is -2.49. The van der Waals surface area contributed by atoms with E-state index in [-0.39, 0.29) is 18.3 Å². The van der Waals surface area contributed by atoms with Crippen molar-refractivity contribution in [2.75, 3.05) is 6.54 Å². The third kappa shape index (κ3) is 3.47. The third-order valence-electron chi connectivity index (χ3n) is 5.53. The van der Waals surface area contributed by atoms with Gasteiger partial charge in [0.1, 0.15) is 5.54 Å². The Morgan fingerprint density at radius 2 is 2.00 bits per heavy atom. The van der Waals surface area contributed by atoms with Crippen LogP contribution in [0.25, 0.3) is 0 Å². The highest BCUT2D eigenvalue weighted by atomic mass is 35.5. The zero-order chi connectivity index (χ0) is 14.9. The predicted molar refractivity (Wildman–Crippen MR) is 91.8 cm³/mol. The molecule has 0 radical (unpaired) electrons. The van der Waals surface area contributed by atoms with E-state index in [2.05, 4.69) is 5.32 Å². The standard InChI is InChI=1S/C18H26N2O.ClH/c1-18(19,16-5-3-2-4-6-16)17(21)20-10-9-15-12-13-7-8-14(15)11-13;/h2-6,13-15H,7-12,19H2,1H3,(H,20,21);1H. The molecule has 2 fully saturated rings. The van der Waals surface area contributed by atoms with Gasteiger partial charge in [0.25, 0.3) is 0 Å². The van der Waals surface area contributed by atoms with Crippen molar-refractivity contribution in [3.05, 3.63) is 35.9 Å². The van der Waals surface area contributed by atoms with Crippen molar-refractivity contribution >= 4 is 18.3 Å². The minimum atomic E-state index is -0.948. The van der Waals surface area contributed by atoms with E-state index in [0.717, 1.165) is 36.3 Å². The van der Waals surface area contributed by atoms with E-state index in [0.29, 0.717) is 0 Å². The van der Waals surface area contributed by atoms with Crippen LogP contribution in [0.3, 0.4) is 0 Å². The first kappa shape index (κ1) is 17.3. The van der Waals surface area contributed by atoms with Crippen molar-refractivity contribution in [2.24, 2.45) is 23.5 Å². The molecule has 0 aromatic heterocycles. The summed E-state index contributed by atoms with van der Waals surface area (Å²) in [5, 5.41) is 3.04. The van der Waals surface area contributed by atoms with Crippen LogP contribution in [0.15, 0.2) is 30.3 Å². The Kier molecular flexibility index (Phi) is 5.51. The van der Waals surface area contributed by atoms with Gasteiger partial charge in [-0.3, -0.25) is 4.79 Å². The second-order valence-electron chi connectivity index (χ2n) is 7.05. The number of hydrogen-bond acceptors (Lipinski definition) is 2. The highest BCUT2D eigenvalue weighted by Crippen LogP contribution is 2.49. The molecule has 2 aliphatic rings. The Balaban J connectivity index is 0.00000176. The fraction of sp³-hybridized carbons (Fsp3) is 0.611. The van der Waals surface area contributed by atoms with Crippen LogP contribution in [-0.2, 0) is 10.3 Å². The molecule has 1 aromatic rings. The molecule has 22 heavy (non-hydrogen) atoms. The molecule has 2 saturated carbocycles. The molecule has 3 N–H and O–H groups in total. The minimum absolute atomic E-state index is 0. The average molecular weight is 323 g/mol. The second-order valence-corrected chi connectivity index (χ2v) is 7.05. The van der Waals surface area contributed by atoms with E-state index in [1.165, 1.54) is 25.7 Å². The van der Waals surface area contributed by atoms with Crippen LogP contribution in [0.4, 0.5) is 0 Å². The van der Waals surface area contributed by atoms with E-state index in [1.807, 2.05) is 30.3 Å². The number of fused-ring (bicyclic) bond motifs is 2. The monoisotopic (exact) mass is 322 g/mol. The fourth-order valence-electron chi connectivity index (χ4n) is 4.20. The molecule has 0 saturated heterocycles. The topological polar surface area (TPSA) is 55.1 Å². The Morgan fingerprint density at radius 1 is 1.27 bits per heavy atom. The molecule has 122 valence electrons. The molecule has 2 aliphatic carbocycles. The first-order valence-corrected chi connectivity index (χ1v) is 8.20. The number of carbonyl (C=O) groups excluding carboxylic acids is 1. The van der Waals surface area contributed by atoms with Crippen molar-refractivity contribution in [1.29, 1.82) is 0 Å². The van der Waals surface area contributed by atoms with Gasteiger partial charge in [0.05, 0.1) is 0 Å². The summed E-state index contributed by atoms with van der Waals surface area (Å²) in [6, 6.07) is 9.60. The zero-order valence-corrected chi connectivity index (χ0v) is 14.1. The summed E-state index contributed by atoms with van der Waals surface area (Å²) in [6.45, 7) is 2.54. The smallest absolute Gasteiger partial charge is 0.244 e. The summed E-state index contributed by atoms with van der Waals surface area (Å²) < 4.78 is 0. The fourth-order valence-corrected chi connectivity index (χ4v) is 4.20. The molecule has 4 atom stereocenters. The highest BCUT2D eigenvalue weighted by Gasteiger charge is 2.39. The summed E-state index contributed by atoms with van der Waals surface area (Å²) in [4.78, 5) is 12.4. The van der Waals surface area contributed by atoms with Crippen LogP contribution in [0.1, 0.15) is 44.6 Å². The summed E-state index contributed by atoms with van der Waals surface area (Å²) in [7, 11) is 0. The molecule has 1 amide bonds. The van der Waals surface area contributed by atoms with Crippen LogP contribution in [0, 0.1) is 17.8 Å². The van der Waals surface area contributed by atoms with Gasteiger partial charge < -0.3 is 11.1 Å². The lowest BCUT2D eigenvalue weighted by molar-refractivity contribution is -0.126. The summed E-state index contributed by atoms with van der Waals surface area (Å²) in [5.74, 6) is 2.65. The molecule has 0 heterocycles. The largest absolute Gasteiger partial charge is 0.354 e. The van der Waals surface area contributed by atoms with E-state index in [4.69, 9.17) is 5.73 Å². The maximum absolute atomic E-state index is 12.4. The first-order valence-electron chi connectivity index (χ1n) is 8.20. The lowest BCUT2D eigenvalue weighted by Gasteiger charge is -2.26. The summed E-state index contributed by atoms with van der Waals surface area (Å²) in [6.07, 6.45) is 6.75. The van der Waals surface area contributed by atoms with E-state index in [9.17, 15) is 4.79 Å². The maximum atomic E-state index is 12.4. The van der Waals surface area contributed by atoms with Crippen molar-refractivity contribution in [3.8, 4) is 0 Å². The highest BCUT2D eigenvalue weighted by molar-refractivity contribution is 5.86. The van der Waals surface area contributed by atoms with Gasteiger partial charge in [-0.2, -0.15) is 0 Å². The summed E-state index contributed by atoms with van der Waals surface area (Å²) in [5.41, 5.74) is 6.14. The second kappa shape index (κ2) is 7.01. The molecule has 0 aliphatic heterocycles. The third-order valence-corrected chi connectivity index (χ3v) is 5.53. The Morgan fingerprint density at radius 3 is 2.59 bits per heavy atom. The van der Waals surface area contributed by atoms with Crippen molar-refractivity contribution in [1.82, 2.24) is 5.32 Å². The molecule has 3 rings (SSSR count). The number of benzene rings is 1. The number of amides is 1. The number of rotatable bonds is 5.